The van der Waals surface area contributed by atoms with Gasteiger partial charge in [-0.05, 0) is 50.6 Å². The average Bonchev–Trinajstić information content (AvgIpc) is 2.95. The first-order valence-electron chi connectivity index (χ1n) is 9.00. The summed E-state index contributed by atoms with van der Waals surface area (Å²) in [6, 6.07) is 7.61. The smallest absolute Gasteiger partial charge is 0.414 e. The van der Waals surface area contributed by atoms with Gasteiger partial charge in [0.25, 0.3) is 5.91 Å². The third-order valence-electron chi connectivity index (χ3n) is 4.01. The second-order valence-corrected chi connectivity index (χ2v) is 8.38. The SMILES string of the molecule is CCOC(=O)NC(=O)c1c(NC(=O)CCSc2ccc(OC)cc2)sc(C)c1C. The summed E-state index contributed by atoms with van der Waals surface area (Å²) < 4.78 is 9.87. The van der Waals surface area contributed by atoms with Crippen LogP contribution in [-0.4, -0.2) is 37.4 Å². The van der Waals surface area contributed by atoms with Crippen LogP contribution in [0, 0.1) is 13.8 Å². The molecule has 1 aromatic carbocycles. The van der Waals surface area contributed by atoms with Gasteiger partial charge in [-0.15, -0.1) is 23.1 Å². The van der Waals surface area contributed by atoms with Gasteiger partial charge >= 0.3 is 6.09 Å². The van der Waals surface area contributed by atoms with Gasteiger partial charge in [-0.25, -0.2) is 4.79 Å². The molecule has 2 aromatic rings. The summed E-state index contributed by atoms with van der Waals surface area (Å²) in [6.07, 6.45) is -0.528. The molecule has 2 N–H and O–H groups in total. The van der Waals surface area contributed by atoms with Crippen LogP contribution in [-0.2, 0) is 9.53 Å². The zero-order valence-corrected chi connectivity index (χ0v) is 18.4. The number of benzene rings is 1. The number of hydrogen-bond donors (Lipinski definition) is 2. The second-order valence-electron chi connectivity index (χ2n) is 5.98. The molecule has 1 heterocycles. The normalized spacial score (nSPS) is 10.3. The largest absolute Gasteiger partial charge is 0.497 e. The molecule has 0 radical (unpaired) electrons. The van der Waals surface area contributed by atoms with Crippen molar-refractivity contribution >= 4 is 46.0 Å². The Morgan fingerprint density at radius 2 is 1.83 bits per heavy atom. The van der Waals surface area contributed by atoms with E-state index in [4.69, 9.17) is 9.47 Å². The molecule has 156 valence electrons. The van der Waals surface area contributed by atoms with Crippen LogP contribution in [0.25, 0.3) is 0 Å². The summed E-state index contributed by atoms with van der Waals surface area (Å²) in [5, 5.41) is 5.41. The highest BCUT2D eigenvalue weighted by atomic mass is 32.2. The van der Waals surface area contributed by atoms with Crippen LogP contribution >= 0.6 is 23.1 Å². The predicted molar refractivity (Wildman–Crippen MR) is 115 cm³/mol. The van der Waals surface area contributed by atoms with Crippen LogP contribution in [0.2, 0.25) is 0 Å². The summed E-state index contributed by atoms with van der Waals surface area (Å²) in [5.41, 5.74) is 1.01. The topological polar surface area (TPSA) is 93.7 Å². The van der Waals surface area contributed by atoms with Crippen LogP contribution < -0.4 is 15.4 Å². The number of anilines is 1. The molecule has 0 bridgehead atoms. The molecule has 0 saturated heterocycles. The van der Waals surface area contributed by atoms with Crippen molar-refractivity contribution in [3.63, 3.8) is 0 Å². The number of nitrogens with one attached hydrogen (secondary N) is 2. The molecule has 3 amide bonds. The molecule has 0 fully saturated rings. The minimum Gasteiger partial charge on any atom is -0.497 e. The van der Waals surface area contributed by atoms with Gasteiger partial charge in [0.15, 0.2) is 0 Å². The number of amides is 3. The molecule has 0 saturated carbocycles. The Hall–Kier alpha value is -2.52. The number of imide groups is 1. The summed E-state index contributed by atoms with van der Waals surface area (Å²) in [6.45, 7) is 5.45. The Balaban J connectivity index is 1.96. The summed E-state index contributed by atoms with van der Waals surface area (Å²) in [4.78, 5) is 38.3. The molecule has 0 aliphatic carbocycles. The minimum atomic E-state index is -0.811. The standard InChI is InChI=1S/C20H24N2O5S2/c1-5-27-20(25)22-18(24)17-12(2)13(3)29-19(17)21-16(23)10-11-28-15-8-6-14(26-4)7-9-15/h6-9H,5,10-11H2,1-4H3,(H,21,23)(H,22,24,25). The Labute approximate surface area is 178 Å². The van der Waals surface area contributed by atoms with E-state index in [1.54, 1.807) is 32.7 Å². The van der Waals surface area contributed by atoms with Crippen LogP contribution in [0.4, 0.5) is 9.80 Å². The number of thioether (sulfide) groups is 1. The zero-order chi connectivity index (χ0) is 21.4. The van der Waals surface area contributed by atoms with E-state index in [0.29, 0.717) is 10.8 Å². The molecule has 9 heteroatoms. The van der Waals surface area contributed by atoms with Crippen molar-refractivity contribution in [2.75, 3.05) is 24.8 Å². The summed E-state index contributed by atoms with van der Waals surface area (Å²) >= 11 is 2.86. The lowest BCUT2D eigenvalue weighted by molar-refractivity contribution is -0.115. The number of aryl methyl sites for hydroxylation is 1. The third-order valence-corrected chi connectivity index (χ3v) is 6.15. The minimum absolute atomic E-state index is 0.163. The molecular weight excluding hydrogens is 412 g/mol. The maximum Gasteiger partial charge on any atom is 0.414 e. The van der Waals surface area contributed by atoms with E-state index in [-0.39, 0.29) is 24.5 Å². The van der Waals surface area contributed by atoms with Crippen molar-refractivity contribution in [3.8, 4) is 5.75 Å². The lowest BCUT2D eigenvalue weighted by Crippen LogP contribution is -2.32. The van der Waals surface area contributed by atoms with Crippen LogP contribution in [0.15, 0.2) is 29.2 Å². The number of carbonyl (C=O) groups excluding carboxylic acids is 3. The van der Waals surface area contributed by atoms with Crippen molar-refractivity contribution < 1.29 is 23.9 Å². The Morgan fingerprint density at radius 1 is 1.14 bits per heavy atom. The molecule has 1 aromatic heterocycles. The second kappa shape index (κ2) is 10.9. The first kappa shape index (κ1) is 22.8. The van der Waals surface area contributed by atoms with Gasteiger partial charge in [0.2, 0.25) is 5.91 Å². The first-order chi connectivity index (χ1) is 13.8. The van der Waals surface area contributed by atoms with Gasteiger partial charge in [-0.3, -0.25) is 14.9 Å². The lowest BCUT2D eigenvalue weighted by atomic mass is 10.1. The fraction of sp³-hybridized carbons (Fsp3) is 0.350. The van der Waals surface area contributed by atoms with E-state index in [2.05, 4.69) is 10.6 Å². The van der Waals surface area contributed by atoms with E-state index >= 15 is 0 Å². The van der Waals surface area contributed by atoms with E-state index in [1.807, 2.05) is 31.2 Å². The maximum absolute atomic E-state index is 12.4. The van der Waals surface area contributed by atoms with Gasteiger partial charge in [0, 0.05) is 21.9 Å². The predicted octanol–water partition coefficient (Wildman–Crippen LogP) is 4.38. The molecule has 0 aliphatic rings. The number of methoxy groups -OCH3 is 1. The van der Waals surface area contributed by atoms with Gasteiger partial charge in [-0.1, -0.05) is 0 Å². The van der Waals surface area contributed by atoms with Gasteiger partial charge in [-0.2, -0.15) is 0 Å². The Bertz CT molecular complexity index is 878. The summed E-state index contributed by atoms with van der Waals surface area (Å²) in [7, 11) is 1.61. The number of hydrogen-bond acceptors (Lipinski definition) is 7. The number of alkyl carbamates (subject to hydrolysis) is 1. The third kappa shape index (κ3) is 6.50. The van der Waals surface area contributed by atoms with E-state index < -0.39 is 12.0 Å². The monoisotopic (exact) mass is 436 g/mol. The van der Waals surface area contributed by atoms with E-state index in [0.717, 1.165) is 21.1 Å². The highest BCUT2D eigenvalue weighted by Gasteiger charge is 2.22. The lowest BCUT2D eigenvalue weighted by Gasteiger charge is -2.08. The molecule has 0 aliphatic heterocycles. The maximum atomic E-state index is 12.4. The van der Waals surface area contributed by atoms with Crippen LogP contribution in [0.5, 0.6) is 5.75 Å². The Kier molecular flexibility index (Phi) is 8.53. The Morgan fingerprint density at radius 3 is 2.45 bits per heavy atom. The molecule has 0 spiro atoms. The molecule has 0 unspecified atom stereocenters. The molecular formula is C20H24N2O5S2. The van der Waals surface area contributed by atoms with Gasteiger partial charge < -0.3 is 14.8 Å². The fourth-order valence-corrected chi connectivity index (χ4v) is 4.36. The quantitative estimate of drug-likeness (QED) is 0.597. The summed E-state index contributed by atoms with van der Waals surface area (Å²) in [5.74, 6) is 0.584. The average molecular weight is 437 g/mol. The molecule has 0 atom stereocenters. The van der Waals surface area contributed by atoms with Crippen molar-refractivity contribution in [1.82, 2.24) is 5.32 Å². The fourth-order valence-electron chi connectivity index (χ4n) is 2.43. The highest BCUT2D eigenvalue weighted by molar-refractivity contribution is 7.99. The van der Waals surface area contributed by atoms with E-state index in [9.17, 15) is 14.4 Å². The molecule has 29 heavy (non-hydrogen) atoms. The molecule has 2 rings (SSSR count). The van der Waals surface area contributed by atoms with Crippen molar-refractivity contribution in [2.24, 2.45) is 0 Å². The number of ether oxygens (including phenoxy) is 2. The number of carbonyl (C=O) groups is 3. The van der Waals surface area contributed by atoms with Gasteiger partial charge in [0.05, 0.1) is 19.3 Å². The first-order valence-corrected chi connectivity index (χ1v) is 10.8. The van der Waals surface area contributed by atoms with Gasteiger partial charge in [0.1, 0.15) is 10.8 Å². The zero-order valence-electron chi connectivity index (χ0n) is 16.8. The number of thiophene rings is 1. The van der Waals surface area contributed by atoms with E-state index in [1.165, 1.54) is 11.3 Å². The molecule has 7 nitrogen and oxygen atoms in total. The van der Waals surface area contributed by atoms with Crippen molar-refractivity contribution in [2.45, 2.75) is 32.1 Å². The van der Waals surface area contributed by atoms with Crippen molar-refractivity contribution in [3.05, 3.63) is 40.3 Å². The highest BCUT2D eigenvalue weighted by Crippen LogP contribution is 2.32. The number of rotatable bonds is 8. The van der Waals surface area contributed by atoms with Crippen LogP contribution in [0.1, 0.15) is 34.1 Å². The van der Waals surface area contributed by atoms with Crippen LogP contribution in [0.3, 0.4) is 0 Å². The van der Waals surface area contributed by atoms with Crippen molar-refractivity contribution in [1.29, 1.82) is 0 Å².